The van der Waals surface area contributed by atoms with Gasteiger partial charge < -0.3 is 9.47 Å². The van der Waals surface area contributed by atoms with E-state index >= 15 is 0 Å². The molecule has 0 N–H and O–H groups in total. The Bertz CT molecular complexity index is 371. The van der Waals surface area contributed by atoms with Crippen LogP contribution < -0.4 is 0 Å². The Morgan fingerprint density at radius 1 is 0.810 bits per heavy atom. The molecular weight excluding hydrogens is 268 g/mol. The fourth-order valence-electron chi connectivity index (χ4n) is 1.55. The molecular formula is C17H28O4. The first kappa shape index (κ1) is 19.4. The summed E-state index contributed by atoms with van der Waals surface area (Å²) < 4.78 is 11.0. The number of hydrogen-bond acceptors (Lipinski definition) is 4. The maximum atomic E-state index is 11.7. The van der Waals surface area contributed by atoms with Gasteiger partial charge in [-0.2, -0.15) is 0 Å². The van der Waals surface area contributed by atoms with Crippen molar-refractivity contribution < 1.29 is 19.1 Å². The summed E-state index contributed by atoms with van der Waals surface area (Å²) in [7, 11) is 0. The van der Waals surface area contributed by atoms with Gasteiger partial charge in [0.25, 0.3) is 5.79 Å². The molecule has 0 aromatic carbocycles. The van der Waals surface area contributed by atoms with Crippen LogP contribution in [0, 0.1) is 0 Å². The topological polar surface area (TPSA) is 52.6 Å². The van der Waals surface area contributed by atoms with Crippen LogP contribution in [0.2, 0.25) is 0 Å². The lowest BCUT2D eigenvalue weighted by atomic mass is 10.0. The smallest absolute Gasteiger partial charge is 0.308 e. The van der Waals surface area contributed by atoms with Crippen LogP contribution in [0.3, 0.4) is 0 Å². The first-order valence-corrected chi connectivity index (χ1v) is 7.45. The van der Waals surface area contributed by atoms with Crippen LogP contribution in [0.15, 0.2) is 23.3 Å². The van der Waals surface area contributed by atoms with Gasteiger partial charge in [0.15, 0.2) is 0 Å². The number of ether oxygens (including phenoxy) is 2. The molecule has 0 aliphatic heterocycles. The van der Waals surface area contributed by atoms with E-state index in [1.807, 2.05) is 39.8 Å². The lowest BCUT2D eigenvalue weighted by molar-refractivity contribution is -0.226. The maximum Gasteiger partial charge on any atom is 0.308 e. The molecule has 0 heterocycles. The summed E-state index contributed by atoms with van der Waals surface area (Å²) in [5, 5.41) is 0. The Morgan fingerprint density at radius 3 is 1.38 bits per heavy atom. The third-order valence-corrected chi connectivity index (χ3v) is 2.82. The van der Waals surface area contributed by atoms with Gasteiger partial charge in [0.05, 0.1) is 0 Å². The zero-order valence-corrected chi connectivity index (χ0v) is 14.1. The van der Waals surface area contributed by atoms with Crippen molar-refractivity contribution in [2.24, 2.45) is 0 Å². The summed E-state index contributed by atoms with van der Waals surface area (Å²) in [6.45, 7) is 11.3. The van der Waals surface area contributed by atoms with E-state index in [4.69, 9.17) is 9.47 Å². The highest BCUT2D eigenvalue weighted by Crippen LogP contribution is 2.27. The molecule has 0 saturated heterocycles. The van der Waals surface area contributed by atoms with Crippen molar-refractivity contribution in [3.8, 4) is 0 Å². The van der Waals surface area contributed by atoms with Crippen molar-refractivity contribution in [2.45, 2.75) is 73.0 Å². The molecule has 0 amide bonds. The molecule has 0 fully saturated rings. The normalized spacial score (nSPS) is 10.6. The monoisotopic (exact) mass is 296 g/mol. The maximum absolute atomic E-state index is 11.7. The number of carbonyl (C=O) groups excluding carboxylic acids is 2. The van der Waals surface area contributed by atoms with E-state index in [0.717, 1.165) is 11.1 Å². The van der Waals surface area contributed by atoms with Gasteiger partial charge in [-0.15, -0.1) is 0 Å². The average Bonchev–Trinajstić information content (AvgIpc) is 2.42. The zero-order chi connectivity index (χ0) is 16.5. The van der Waals surface area contributed by atoms with E-state index in [-0.39, 0.29) is 24.8 Å². The van der Waals surface area contributed by atoms with E-state index in [1.54, 1.807) is 13.8 Å². The molecule has 0 radical (unpaired) electrons. The largest absolute Gasteiger partial charge is 0.422 e. The molecule has 120 valence electrons. The molecule has 0 aliphatic rings. The molecule has 4 nitrogen and oxygen atoms in total. The van der Waals surface area contributed by atoms with Gasteiger partial charge in [-0.1, -0.05) is 37.1 Å². The van der Waals surface area contributed by atoms with E-state index in [2.05, 4.69) is 0 Å². The van der Waals surface area contributed by atoms with Crippen molar-refractivity contribution in [1.29, 1.82) is 0 Å². The number of carbonyl (C=O) groups is 2. The van der Waals surface area contributed by atoms with Crippen LogP contribution in [0.5, 0.6) is 0 Å². The SMILES string of the molecule is CCC(=O)OC(CC=C(C)C)(CC=C(C)C)OC(=O)CC. The van der Waals surface area contributed by atoms with E-state index in [0.29, 0.717) is 12.8 Å². The third kappa shape index (κ3) is 8.33. The molecule has 0 atom stereocenters. The standard InChI is InChI=1S/C17H28O4/c1-7-15(18)20-17(11-9-13(3)4,12-10-14(5)6)21-16(19)8-2/h9-10H,7-8,11-12H2,1-6H3. The van der Waals surface area contributed by atoms with Gasteiger partial charge in [-0.05, 0) is 27.7 Å². The quantitative estimate of drug-likeness (QED) is 0.380. The molecule has 0 saturated carbocycles. The Morgan fingerprint density at radius 2 is 1.14 bits per heavy atom. The fourth-order valence-corrected chi connectivity index (χ4v) is 1.55. The summed E-state index contributed by atoms with van der Waals surface area (Å²) in [5.41, 5.74) is 2.16. The van der Waals surface area contributed by atoms with Gasteiger partial charge in [0.1, 0.15) is 0 Å². The van der Waals surface area contributed by atoms with Gasteiger partial charge in [-0.3, -0.25) is 9.59 Å². The second-order valence-electron chi connectivity index (χ2n) is 5.54. The minimum Gasteiger partial charge on any atom is -0.422 e. The summed E-state index contributed by atoms with van der Waals surface area (Å²) in [4.78, 5) is 23.5. The fraction of sp³-hybridized carbons (Fsp3) is 0.647. The highest BCUT2D eigenvalue weighted by Gasteiger charge is 2.36. The molecule has 0 bridgehead atoms. The van der Waals surface area contributed by atoms with Crippen LogP contribution in [-0.2, 0) is 19.1 Å². The van der Waals surface area contributed by atoms with Crippen LogP contribution in [0.25, 0.3) is 0 Å². The lowest BCUT2D eigenvalue weighted by Gasteiger charge is -2.31. The Labute approximate surface area is 128 Å². The van der Waals surface area contributed by atoms with Crippen LogP contribution in [-0.4, -0.2) is 17.7 Å². The number of hydrogen-bond donors (Lipinski definition) is 0. The van der Waals surface area contributed by atoms with E-state index in [1.165, 1.54) is 0 Å². The van der Waals surface area contributed by atoms with Gasteiger partial charge in [0, 0.05) is 25.7 Å². The molecule has 0 aromatic rings. The van der Waals surface area contributed by atoms with Crippen molar-refractivity contribution in [3.05, 3.63) is 23.3 Å². The second kappa shape index (κ2) is 9.37. The number of rotatable bonds is 8. The molecule has 21 heavy (non-hydrogen) atoms. The summed E-state index contributed by atoms with van der Waals surface area (Å²) in [6, 6.07) is 0. The summed E-state index contributed by atoms with van der Waals surface area (Å²) >= 11 is 0. The first-order chi connectivity index (χ1) is 9.74. The molecule has 4 heteroatoms. The minimum atomic E-state index is -1.24. The zero-order valence-electron chi connectivity index (χ0n) is 14.1. The first-order valence-electron chi connectivity index (χ1n) is 7.45. The van der Waals surface area contributed by atoms with Crippen molar-refractivity contribution >= 4 is 11.9 Å². The second-order valence-corrected chi connectivity index (χ2v) is 5.54. The Balaban J connectivity index is 5.43. The van der Waals surface area contributed by atoms with Crippen LogP contribution >= 0.6 is 0 Å². The van der Waals surface area contributed by atoms with E-state index < -0.39 is 5.79 Å². The summed E-state index contributed by atoms with van der Waals surface area (Å²) in [5.74, 6) is -1.99. The molecule has 0 aromatic heterocycles. The van der Waals surface area contributed by atoms with Crippen LogP contribution in [0.4, 0.5) is 0 Å². The van der Waals surface area contributed by atoms with Crippen molar-refractivity contribution in [3.63, 3.8) is 0 Å². The van der Waals surface area contributed by atoms with Gasteiger partial charge >= 0.3 is 11.9 Å². The Hall–Kier alpha value is -1.58. The molecule has 0 rings (SSSR count). The third-order valence-electron chi connectivity index (χ3n) is 2.82. The van der Waals surface area contributed by atoms with Gasteiger partial charge in [0.2, 0.25) is 0 Å². The number of esters is 2. The van der Waals surface area contributed by atoms with Gasteiger partial charge in [-0.25, -0.2) is 0 Å². The molecule has 0 unspecified atom stereocenters. The lowest BCUT2D eigenvalue weighted by Crippen LogP contribution is -2.39. The van der Waals surface area contributed by atoms with Crippen molar-refractivity contribution in [1.82, 2.24) is 0 Å². The average molecular weight is 296 g/mol. The van der Waals surface area contributed by atoms with Crippen LogP contribution in [0.1, 0.15) is 67.2 Å². The summed E-state index contributed by atoms with van der Waals surface area (Å²) in [6.07, 6.45) is 5.05. The molecule has 0 spiro atoms. The minimum absolute atomic E-state index is 0.245. The molecule has 0 aliphatic carbocycles. The van der Waals surface area contributed by atoms with Crippen molar-refractivity contribution in [2.75, 3.05) is 0 Å². The number of allylic oxidation sites excluding steroid dienone is 2. The highest BCUT2D eigenvalue weighted by atomic mass is 16.7. The highest BCUT2D eigenvalue weighted by molar-refractivity contribution is 5.71. The predicted molar refractivity (Wildman–Crippen MR) is 83.6 cm³/mol. The van der Waals surface area contributed by atoms with E-state index in [9.17, 15) is 9.59 Å². The predicted octanol–water partition coefficient (Wildman–Crippen LogP) is 4.30. The Kier molecular flexibility index (Phi) is 8.67.